The number of aliphatic hydroxyl groups is 1. The van der Waals surface area contributed by atoms with Crippen LogP contribution in [-0.2, 0) is 4.79 Å². The van der Waals surface area contributed by atoms with Crippen LogP contribution >= 0.6 is 0 Å². The van der Waals surface area contributed by atoms with E-state index in [0.717, 1.165) is 0 Å². The molecule has 1 amide bonds. The zero-order valence-electron chi connectivity index (χ0n) is 8.87. The SMILES string of the molecule is C=CN(C(=O)CC(C)(C)C)C(C)O. The molecule has 76 valence electrons. The Labute approximate surface area is 80.0 Å². The van der Waals surface area contributed by atoms with Gasteiger partial charge >= 0.3 is 0 Å². The van der Waals surface area contributed by atoms with Crippen molar-refractivity contribution in [3.05, 3.63) is 12.8 Å². The topological polar surface area (TPSA) is 40.5 Å². The lowest BCUT2D eigenvalue weighted by atomic mass is 9.91. The van der Waals surface area contributed by atoms with Crippen molar-refractivity contribution in [1.82, 2.24) is 4.90 Å². The Morgan fingerprint density at radius 3 is 2.31 bits per heavy atom. The molecule has 13 heavy (non-hydrogen) atoms. The van der Waals surface area contributed by atoms with E-state index in [-0.39, 0.29) is 11.3 Å². The summed E-state index contributed by atoms with van der Waals surface area (Å²) in [6.45, 7) is 11.0. The van der Waals surface area contributed by atoms with Crippen LogP contribution in [0.4, 0.5) is 0 Å². The summed E-state index contributed by atoms with van der Waals surface area (Å²) < 4.78 is 0. The van der Waals surface area contributed by atoms with Crippen molar-refractivity contribution >= 4 is 5.91 Å². The van der Waals surface area contributed by atoms with Gasteiger partial charge in [0, 0.05) is 12.6 Å². The highest BCUT2D eigenvalue weighted by molar-refractivity contribution is 5.77. The molecule has 0 heterocycles. The number of hydrogen-bond acceptors (Lipinski definition) is 2. The van der Waals surface area contributed by atoms with Gasteiger partial charge < -0.3 is 5.11 Å². The first-order valence-electron chi connectivity index (χ1n) is 4.40. The normalized spacial score (nSPS) is 13.6. The van der Waals surface area contributed by atoms with Gasteiger partial charge in [0.25, 0.3) is 0 Å². The van der Waals surface area contributed by atoms with Crippen LogP contribution in [0, 0.1) is 5.41 Å². The van der Waals surface area contributed by atoms with E-state index in [2.05, 4.69) is 6.58 Å². The summed E-state index contributed by atoms with van der Waals surface area (Å²) in [6, 6.07) is 0. The Kier molecular flexibility index (Phi) is 4.14. The minimum absolute atomic E-state index is 0.0623. The molecule has 1 unspecified atom stereocenters. The van der Waals surface area contributed by atoms with Crippen LogP contribution in [0.15, 0.2) is 12.8 Å². The molecule has 0 aliphatic heterocycles. The maximum atomic E-state index is 11.5. The smallest absolute Gasteiger partial charge is 0.229 e. The number of rotatable bonds is 3. The van der Waals surface area contributed by atoms with Crippen LogP contribution in [0.3, 0.4) is 0 Å². The molecule has 0 bridgehead atoms. The maximum Gasteiger partial charge on any atom is 0.229 e. The number of hydrogen-bond donors (Lipinski definition) is 1. The predicted octanol–water partition coefficient (Wildman–Crippen LogP) is 1.73. The fourth-order valence-electron chi connectivity index (χ4n) is 1.01. The van der Waals surface area contributed by atoms with Gasteiger partial charge in [-0.25, -0.2) is 0 Å². The number of nitrogens with zero attached hydrogens (tertiary/aromatic N) is 1. The van der Waals surface area contributed by atoms with Gasteiger partial charge in [0.2, 0.25) is 5.91 Å². The summed E-state index contributed by atoms with van der Waals surface area (Å²) in [5.41, 5.74) is -0.0623. The number of aliphatic hydroxyl groups excluding tert-OH is 1. The molecule has 0 saturated heterocycles. The lowest BCUT2D eigenvalue weighted by Gasteiger charge is -2.25. The maximum absolute atomic E-state index is 11.5. The minimum Gasteiger partial charge on any atom is -0.373 e. The van der Waals surface area contributed by atoms with E-state index in [0.29, 0.717) is 6.42 Å². The molecule has 0 aromatic heterocycles. The summed E-state index contributed by atoms with van der Waals surface area (Å²) in [7, 11) is 0. The molecule has 0 aromatic rings. The molecule has 0 aliphatic rings. The fraction of sp³-hybridized carbons (Fsp3) is 0.700. The van der Waals surface area contributed by atoms with E-state index in [1.165, 1.54) is 11.1 Å². The van der Waals surface area contributed by atoms with Gasteiger partial charge in [-0.05, 0) is 12.3 Å². The minimum atomic E-state index is -0.799. The van der Waals surface area contributed by atoms with Crippen molar-refractivity contribution in [1.29, 1.82) is 0 Å². The second-order valence-electron chi connectivity index (χ2n) is 4.35. The zero-order valence-corrected chi connectivity index (χ0v) is 8.87. The number of amides is 1. The lowest BCUT2D eigenvalue weighted by Crippen LogP contribution is -2.35. The molecule has 0 aliphatic carbocycles. The highest BCUT2D eigenvalue weighted by atomic mass is 16.3. The molecule has 0 saturated carbocycles. The van der Waals surface area contributed by atoms with Crippen LogP contribution in [0.2, 0.25) is 0 Å². The van der Waals surface area contributed by atoms with Crippen molar-refractivity contribution in [3.63, 3.8) is 0 Å². The first kappa shape index (κ1) is 12.2. The molecular formula is C10H19NO2. The summed E-state index contributed by atoms with van der Waals surface area (Å²) in [5.74, 6) is -0.0995. The molecule has 3 heteroatoms. The van der Waals surface area contributed by atoms with Crippen LogP contribution in [0.1, 0.15) is 34.1 Å². The van der Waals surface area contributed by atoms with Crippen LogP contribution < -0.4 is 0 Å². The second kappa shape index (κ2) is 4.42. The van der Waals surface area contributed by atoms with Gasteiger partial charge in [-0.15, -0.1) is 0 Å². The zero-order chi connectivity index (χ0) is 10.6. The summed E-state index contributed by atoms with van der Waals surface area (Å²) in [6.07, 6.45) is 0.968. The largest absolute Gasteiger partial charge is 0.373 e. The average Bonchev–Trinajstić information content (AvgIpc) is 1.82. The molecule has 0 spiro atoms. The number of carbonyl (C=O) groups excluding carboxylic acids is 1. The summed E-state index contributed by atoms with van der Waals surface area (Å²) in [4.78, 5) is 12.8. The molecule has 0 rings (SSSR count). The van der Waals surface area contributed by atoms with Gasteiger partial charge in [0.05, 0.1) is 0 Å². The van der Waals surface area contributed by atoms with Gasteiger partial charge in [-0.3, -0.25) is 9.69 Å². The monoisotopic (exact) mass is 185 g/mol. The van der Waals surface area contributed by atoms with E-state index < -0.39 is 6.23 Å². The van der Waals surface area contributed by atoms with Crippen LogP contribution in [0.5, 0.6) is 0 Å². The number of carbonyl (C=O) groups is 1. The van der Waals surface area contributed by atoms with Crippen molar-refractivity contribution in [3.8, 4) is 0 Å². The molecular weight excluding hydrogens is 166 g/mol. The van der Waals surface area contributed by atoms with Crippen molar-refractivity contribution in [2.75, 3.05) is 0 Å². The standard InChI is InChI=1S/C10H19NO2/c1-6-11(8(2)12)9(13)7-10(3,4)5/h6,8,12H,1,7H2,2-5H3. The fourth-order valence-corrected chi connectivity index (χ4v) is 1.01. The highest BCUT2D eigenvalue weighted by Crippen LogP contribution is 2.20. The first-order valence-corrected chi connectivity index (χ1v) is 4.40. The van der Waals surface area contributed by atoms with Gasteiger partial charge in [0.1, 0.15) is 6.23 Å². The quantitative estimate of drug-likeness (QED) is 0.680. The van der Waals surface area contributed by atoms with Gasteiger partial charge in [0.15, 0.2) is 0 Å². The van der Waals surface area contributed by atoms with Crippen LogP contribution in [0.25, 0.3) is 0 Å². The van der Waals surface area contributed by atoms with Crippen molar-refractivity contribution in [2.24, 2.45) is 5.41 Å². The third-order valence-corrected chi connectivity index (χ3v) is 1.57. The Balaban J connectivity index is 4.32. The second-order valence-corrected chi connectivity index (χ2v) is 4.35. The van der Waals surface area contributed by atoms with Gasteiger partial charge in [-0.2, -0.15) is 0 Å². The molecule has 0 aromatic carbocycles. The van der Waals surface area contributed by atoms with Crippen molar-refractivity contribution < 1.29 is 9.90 Å². The van der Waals surface area contributed by atoms with E-state index in [1.54, 1.807) is 6.92 Å². The highest BCUT2D eigenvalue weighted by Gasteiger charge is 2.21. The Hall–Kier alpha value is -0.830. The molecule has 1 atom stereocenters. The van der Waals surface area contributed by atoms with E-state index in [9.17, 15) is 9.90 Å². The van der Waals surface area contributed by atoms with E-state index in [1.807, 2.05) is 20.8 Å². The van der Waals surface area contributed by atoms with E-state index >= 15 is 0 Å². The molecule has 0 fully saturated rings. The molecule has 3 nitrogen and oxygen atoms in total. The Bertz CT molecular complexity index is 192. The van der Waals surface area contributed by atoms with Crippen LogP contribution in [-0.4, -0.2) is 22.1 Å². The lowest BCUT2D eigenvalue weighted by molar-refractivity contribution is -0.137. The third kappa shape index (κ3) is 4.68. The molecule has 1 N–H and O–H groups in total. The van der Waals surface area contributed by atoms with E-state index in [4.69, 9.17) is 0 Å². The van der Waals surface area contributed by atoms with Gasteiger partial charge in [-0.1, -0.05) is 27.4 Å². The first-order chi connectivity index (χ1) is 5.78. The summed E-state index contributed by atoms with van der Waals surface area (Å²) in [5, 5.41) is 9.21. The van der Waals surface area contributed by atoms with Crippen molar-refractivity contribution in [2.45, 2.75) is 40.3 Å². The molecule has 0 radical (unpaired) electrons. The Morgan fingerprint density at radius 1 is 1.62 bits per heavy atom. The Morgan fingerprint density at radius 2 is 2.08 bits per heavy atom. The third-order valence-electron chi connectivity index (χ3n) is 1.57. The summed E-state index contributed by atoms with van der Waals surface area (Å²) >= 11 is 0. The average molecular weight is 185 g/mol. The predicted molar refractivity (Wildman–Crippen MR) is 52.8 cm³/mol.